The molecule has 0 aromatic heterocycles. The molecule has 28 heavy (non-hydrogen) atoms. The molecule has 0 aliphatic carbocycles. The van der Waals surface area contributed by atoms with E-state index in [-0.39, 0.29) is 17.7 Å². The lowest BCUT2D eigenvalue weighted by Crippen LogP contribution is -2.42. The van der Waals surface area contributed by atoms with Gasteiger partial charge in [-0.2, -0.15) is 0 Å². The summed E-state index contributed by atoms with van der Waals surface area (Å²) in [5.74, 6) is 0.447. The van der Waals surface area contributed by atoms with Gasteiger partial charge in [0.2, 0.25) is 5.91 Å². The SMILES string of the molecule is CCCCCC(C(=O)Nc1ccccc1)C1CC(C)N(CC)c2ccccc21. The fourth-order valence-electron chi connectivity index (χ4n) is 4.67. The van der Waals surface area contributed by atoms with E-state index in [4.69, 9.17) is 0 Å². The Morgan fingerprint density at radius 1 is 1.07 bits per heavy atom. The molecule has 2 aromatic carbocycles. The summed E-state index contributed by atoms with van der Waals surface area (Å²) in [7, 11) is 0. The van der Waals surface area contributed by atoms with Crippen LogP contribution >= 0.6 is 0 Å². The van der Waals surface area contributed by atoms with Gasteiger partial charge >= 0.3 is 0 Å². The highest BCUT2D eigenvalue weighted by atomic mass is 16.1. The number of amides is 1. The van der Waals surface area contributed by atoms with Gasteiger partial charge < -0.3 is 10.2 Å². The van der Waals surface area contributed by atoms with Crippen molar-refractivity contribution in [3.63, 3.8) is 0 Å². The average molecular weight is 379 g/mol. The summed E-state index contributed by atoms with van der Waals surface area (Å²) in [5.41, 5.74) is 3.54. The molecule has 3 atom stereocenters. The second kappa shape index (κ2) is 9.77. The van der Waals surface area contributed by atoms with Crippen molar-refractivity contribution in [2.24, 2.45) is 5.92 Å². The standard InChI is InChI=1S/C25H34N2O/c1-4-6-8-16-22(25(28)26-20-13-9-7-10-14-20)23-18-19(3)27(5-2)24-17-12-11-15-21(23)24/h7,9-15,17,19,22-23H,4-6,8,16,18H2,1-3H3,(H,26,28). The van der Waals surface area contributed by atoms with Crippen molar-refractivity contribution in [1.82, 2.24) is 0 Å². The van der Waals surface area contributed by atoms with Gasteiger partial charge in [-0.15, -0.1) is 0 Å². The Balaban J connectivity index is 1.89. The molecule has 3 heteroatoms. The molecule has 1 N–H and O–H groups in total. The van der Waals surface area contributed by atoms with Crippen molar-refractivity contribution < 1.29 is 4.79 Å². The zero-order chi connectivity index (χ0) is 19.9. The second-order valence-corrected chi connectivity index (χ2v) is 7.99. The van der Waals surface area contributed by atoms with Crippen LogP contribution in [-0.4, -0.2) is 18.5 Å². The maximum atomic E-state index is 13.3. The largest absolute Gasteiger partial charge is 0.369 e. The molecule has 1 aliphatic rings. The number of anilines is 2. The van der Waals surface area contributed by atoms with Gasteiger partial charge in [-0.3, -0.25) is 4.79 Å². The summed E-state index contributed by atoms with van der Waals surface area (Å²) in [6.45, 7) is 7.73. The van der Waals surface area contributed by atoms with E-state index < -0.39 is 0 Å². The molecule has 3 rings (SSSR count). The van der Waals surface area contributed by atoms with Crippen LogP contribution in [0.3, 0.4) is 0 Å². The summed E-state index contributed by atoms with van der Waals surface area (Å²) in [4.78, 5) is 15.8. The molecule has 3 unspecified atom stereocenters. The number of hydrogen-bond acceptors (Lipinski definition) is 2. The number of unbranched alkanes of at least 4 members (excludes halogenated alkanes) is 2. The third-order valence-corrected chi connectivity index (χ3v) is 6.10. The first-order valence-electron chi connectivity index (χ1n) is 10.9. The minimum Gasteiger partial charge on any atom is -0.369 e. The molecule has 0 spiro atoms. The Hall–Kier alpha value is -2.29. The van der Waals surface area contributed by atoms with Gasteiger partial charge in [-0.05, 0) is 56.4 Å². The second-order valence-electron chi connectivity index (χ2n) is 7.99. The molecule has 150 valence electrons. The summed E-state index contributed by atoms with van der Waals surface area (Å²) < 4.78 is 0. The van der Waals surface area contributed by atoms with Crippen molar-refractivity contribution in [2.45, 2.75) is 64.8 Å². The number of benzene rings is 2. The molecule has 3 nitrogen and oxygen atoms in total. The Labute approximate surface area is 170 Å². The van der Waals surface area contributed by atoms with Crippen LogP contribution in [0.25, 0.3) is 0 Å². The molecular weight excluding hydrogens is 344 g/mol. The zero-order valence-electron chi connectivity index (χ0n) is 17.5. The third kappa shape index (κ3) is 4.57. The molecular formula is C25H34N2O. The van der Waals surface area contributed by atoms with E-state index in [1.165, 1.54) is 24.1 Å². The van der Waals surface area contributed by atoms with Gasteiger partial charge in [0.1, 0.15) is 0 Å². The van der Waals surface area contributed by atoms with Gasteiger partial charge in [0, 0.05) is 29.9 Å². The molecule has 0 saturated heterocycles. The average Bonchev–Trinajstić information content (AvgIpc) is 2.71. The molecule has 0 saturated carbocycles. The van der Waals surface area contributed by atoms with Crippen molar-refractivity contribution in [3.05, 3.63) is 60.2 Å². The smallest absolute Gasteiger partial charge is 0.228 e. The fraction of sp³-hybridized carbons (Fsp3) is 0.480. The first-order chi connectivity index (χ1) is 13.7. The topological polar surface area (TPSA) is 32.3 Å². The van der Waals surface area contributed by atoms with Crippen LogP contribution in [0.4, 0.5) is 11.4 Å². The first-order valence-corrected chi connectivity index (χ1v) is 10.9. The van der Waals surface area contributed by atoms with Crippen molar-refractivity contribution >= 4 is 17.3 Å². The predicted molar refractivity (Wildman–Crippen MR) is 119 cm³/mol. The zero-order valence-corrected chi connectivity index (χ0v) is 17.5. The Bertz CT molecular complexity index is 758. The quantitative estimate of drug-likeness (QED) is 0.553. The Morgan fingerprint density at radius 2 is 1.79 bits per heavy atom. The van der Waals surface area contributed by atoms with E-state index in [0.717, 1.165) is 31.5 Å². The Kier molecular flexibility index (Phi) is 7.13. The van der Waals surface area contributed by atoms with Crippen LogP contribution in [0.1, 0.15) is 64.4 Å². The van der Waals surface area contributed by atoms with Gasteiger partial charge in [0.25, 0.3) is 0 Å². The van der Waals surface area contributed by atoms with Crippen LogP contribution in [0.2, 0.25) is 0 Å². The summed E-state index contributed by atoms with van der Waals surface area (Å²) in [6, 6.07) is 19.0. The molecule has 1 heterocycles. The van der Waals surface area contributed by atoms with E-state index in [9.17, 15) is 4.79 Å². The highest BCUT2D eigenvalue weighted by Crippen LogP contribution is 2.44. The Morgan fingerprint density at radius 3 is 2.50 bits per heavy atom. The summed E-state index contributed by atoms with van der Waals surface area (Å²) in [5, 5.41) is 3.18. The molecule has 0 radical (unpaired) electrons. The number of rotatable bonds is 8. The van der Waals surface area contributed by atoms with Crippen molar-refractivity contribution in [1.29, 1.82) is 0 Å². The lowest BCUT2D eigenvalue weighted by atomic mass is 9.75. The molecule has 1 amide bonds. The van der Waals surface area contributed by atoms with Gasteiger partial charge in [0.05, 0.1) is 0 Å². The van der Waals surface area contributed by atoms with Crippen LogP contribution in [0.15, 0.2) is 54.6 Å². The summed E-state index contributed by atoms with van der Waals surface area (Å²) >= 11 is 0. The lowest BCUT2D eigenvalue weighted by Gasteiger charge is -2.42. The van der Waals surface area contributed by atoms with E-state index in [1.807, 2.05) is 30.3 Å². The minimum absolute atomic E-state index is 0.00867. The number of para-hydroxylation sites is 2. The third-order valence-electron chi connectivity index (χ3n) is 6.10. The van der Waals surface area contributed by atoms with Gasteiger partial charge in [-0.1, -0.05) is 62.6 Å². The lowest BCUT2D eigenvalue weighted by molar-refractivity contribution is -0.121. The van der Waals surface area contributed by atoms with Crippen LogP contribution in [0, 0.1) is 5.92 Å². The van der Waals surface area contributed by atoms with Crippen molar-refractivity contribution in [2.75, 3.05) is 16.8 Å². The number of carbonyl (C=O) groups is 1. The van der Waals surface area contributed by atoms with E-state index in [0.29, 0.717) is 6.04 Å². The van der Waals surface area contributed by atoms with Gasteiger partial charge in [-0.25, -0.2) is 0 Å². The van der Waals surface area contributed by atoms with E-state index in [1.54, 1.807) is 0 Å². The number of nitrogens with one attached hydrogen (secondary N) is 1. The minimum atomic E-state index is 0.00867. The highest BCUT2D eigenvalue weighted by molar-refractivity contribution is 5.93. The van der Waals surface area contributed by atoms with E-state index in [2.05, 4.69) is 55.3 Å². The van der Waals surface area contributed by atoms with Crippen LogP contribution in [-0.2, 0) is 4.79 Å². The number of hydrogen-bond donors (Lipinski definition) is 1. The molecule has 0 fully saturated rings. The molecule has 0 bridgehead atoms. The first kappa shape index (κ1) is 20.4. The number of carbonyl (C=O) groups excluding carboxylic acids is 1. The van der Waals surface area contributed by atoms with Crippen LogP contribution < -0.4 is 10.2 Å². The number of fused-ring (bicyclic) bond motifs is 1. The molecule has 1 aliphatic heterocycles. The maximum Gasteiger partial charge on any atom is 0.228 e. The monoisotopic (exact) mass is 378 g/mol. The fourth-order valence-corrected chi connectivity index (χ4v) is 4.67. The van der Waals surface area contributed by atoms with E-state index >= 15 is 0 Å². The predicted octanol–water partition coefficient (Wildman–Crippen LogP) is 6.22. The van der Waals surface area contributed by atoms with Gasteiger partial charge in [0.15, 0.2) is 0 Å². The highest BCUT2D eigenvalue weighted by Gasteiger charge is 2.37. The maximum absolute atomic E-state index is 13.3. The molecule has 2 aromatic rings. The van der Waals surface area contributed by atoms with Crippen molar-refractivity contribution in [3.8, 4) is 0 Å². The number of nitrogens with zero attached hydrogens (tertiary/aromatic N) is 1. The van der Waals surface area contributed by atoms with Crippen LogP contribution in [0.5, 0.6) is 0 Å². The summed E-state index contributed by atoms with van der Waals surface area (Å²) in [6.07, 6.45) is 5.44. The normalized spacial score (nSPS) is 19.8.